The molecular weight excluding hydrogens is 624 g/mol. The first kappa shape index (κ1) is 36.6. The molecule has 1 N–H and O–H groups in total. The van der Waals surface area contributed by atoms with Gasteiger partial charge >= 0.3 is 12.1 Å². The molecule has 2 aliphatic heterocycles. The van der Waals surface area contributed by atoms with Gasteiger partial charge in [0.25, 0.3) is 0 Å². The summed E-state index contributed by atoms with van der Waals surface area (Å²) in [5.74, 6) is 0.694. The maximum Gasteiger partial charge on any atom is 0.408 e. The van der Waals surface area contributed by atoms with E-state index in [2.05, 4.69) is 12.2 Å². The Labute approximate surface area is 291 Å². The lowest BCUT2D eigenvalue weighted by Gasteiger charge is -2.35. The second-order valence-corrected chi connectivity index (χ2v) is 15.8. The second kappa shape index (κ2) is 15.5. The highest BCUT2D eigenvalue weighted by Crippen LogP contribution is 2.38. The van der Waals surface area contributed by atoms with E-state index in [-0.39, 0.29) is 42.9 Å². The highest BCUT2D eigenvalue weighted by Gasteiger charge is 2.52. The molecule has 11 nitrogen and oxygen atoms in total. The average Bonchev–Trinajstić information content (AvgIpc) is 3.59. The van der Waals surface area contributed by atoms with Crippen molar-refractivity contribution in [1.82, 2.24) is 20.2 Å². The van der Waals surface area contributed by atoms with Crippen molar-refractivity contribution in [2.75, 3.05) is 20.3 Å². The van der Waals surface area contributed by atoms with Crippen LogP contribution < -0.4 is 14.8 Å². The van der Waals surface area contributed by atoms with Crippen molar-refractivity contribution in [3.8, 4) is 11.6 Å². The number of rotatable bonds is 5. The number of nitrogens with zero attached hydrogens (tertiary/aromatic N) is 3. The lowest BCUT2D eigenvalue weighted by atomic mass is 9.85. The number of hydrogen-bond acceptors (Lipinski definition) is 9. The Kier molecular flexibility index (Phi) is 11.6. The van der Waals surface area contributed by atoms with Gasteiger partial charge in [0.2, 0.25) is 11.8 Å². The molecule has 2 fully saturated rings. The Hall–Kier alpha value is -3.63. The van der Waals surface area contributed by atoms with E-state index in [4.69, 9.17) is 28.9 Å². The Balaban J connectivity index is 1.56. The minimum atomic E-state index is -0.948. The molecule has 11 heteroatoms. The van der Waals surface area contributed by atoms with Crippen LogP contribution in [0.5, 0.6) is 11.6 Å². The van der Waals surface area contributed by atoms with Crippen LogP contribution in [0.2, 0.25) is 0 Å². The van der Waals surface area contributed by atoms with E-state index in [1.807, 2.05) is 59.7 Å². The van der Waals surface area contributed by atoms with Crippen LogP contribution in [0.25, 0.3) is 11.0 Å². The average molecular weight is 681 g/mol. The Morgan fingerprint density at radius 3 is 2.53 bits per heavy atom. The van der Waals surface area contributed by atoms with Crippen molar-refractivity contribution < 1.29 is 33.3 Å². The summed E-state index contributed by atoms with van der Waals surface area (Å²) in [4.78, 5) is 53.5. The number of ether oxygens (including phenoxy) is 4. The summed E-state index contributed by atoms with van der Waals surface area (Å²) >= 11 is 0. The number of aryl methyl sites for hydroxylation is 1. The molecule has 1 aromatic heterocycles. The highest BCUT2D eigenvalue weighted by atomic mass is 16.6. The molecule has 0 spiro atoms. The number of fused-ring (bicyclic) bond motifs is 5. The van der Waals surface area contributed by atoms with Crippen LogP contribution in [0.4, 0.5) is 4.79 Å². The van der Waals surface area contributed by atoms with Crippen molar-refractivity contribution in [3.05, 3.63) is 23.9 Å². The lowest BCUT2D eigenvalue weighted by molar-refractivity contribution is -0.157. The van der Waals surface area contributed by atoms with Gasteiger partial charge in [-0.05, 0) is 73.8 Å². The fraction of sp³-hybridized carbons (Fsp3) is 0.711. The highest BCUT2D eigenvalue weighted by molar-refractivity contribution is 5.91. The topological polar surface area (TPSA) is 129 Å². The van der Waals surface area contributed by atoms with Gasteiger partial charge < -0.3 is 29.2 Å². The normalized spacial score (nSPS) is 28.5. The number of nitrogens with one attached hydrogen (secondary N) is 1. The van der Waals surface area contributed by atoms with Gasteiger partial charge in [0.15, 0.2) is 0 Å². The fourth-order valence-corrected chi connectivity index (χ4v) is 7.71. The minimum absolute atomic E-state index is 0.123. The SMILES string of the molecule is CC[C@@H]1[C@@H]2CN(C(=O)[C@H](C(C)(C)C)NC(=O)O[C@@H]3C[C@H](C)C[C@H]3CCCCCc3nc4ccc(OC)cc4nc3O2)[C@@H]1C(=O)OCC(C)C. The first-order valence-corrected chi connectivity index (χ1v) is 18.2. The molecule has 1 saturated carbocycles. The molecule has 3 aliphatic rings. The summed E-state index contributed by atoms with van der Waals surface area (Å²) in [7, 11) is 1.61. The molecule has 7 atom stereocenters. The molecule has 0 radical (unpaired) electrons. The second-order valence-electron chi connectivity index (χ2n) is 15.8. The summed E-state index contributed by atoms with van der Waals surface area (Å²) in [5.41, 5.74) is 1.47. The van der Waals surface area contributed by atoms with Crippen LogP contribution >= 0.6 is 0 Å². The molecule has 3 heterocycles. The third kappa shape index (κ3) is 8.58. The smallest absolute Gasteiger partial charge is 0.408 e. The number of esters is 1. The lowest BCUT2D eigenvalue weighted by Crippen LogP contribution is -2.57. The zero-order valence-electron chi connectivity index (χ0n) is 30.6. The van der Waals surface area contributed by atoms with Crippen molar-refractivity contribution in [1.29, 1.82) is 0 Å². The van der Waals surface area contributed by atoms with Crippen LogP contribution in [0.15, 0.2) is 18.2 Å². The zero-order valence-corrected chi connectivity index (χ0v) is 30.6. The third-order valence-electron chi connectivity index (χ3n) is 10.3. The van der Waals surface area contributed by atoms with E-state index in [0.29, 0.717) is 35.9 Å². The van der Waals surface area contributed by atoms with Crippen LogP contribution in [0.3, 0.4) is 0 Å². The molecule has 0 unspecified atom stereocenters. The maximum atomic E-state index is 14.6. The molecule has 270 valence electrons. The van der Waals surface area contributed by atoms with Crippen molar-refractivity contribution in [2.45, 2.75) is 124 Å². The van der Waals surface area contributed by atoms with Gasteiger partial charge in [-0.15, -0.1) is 0 Å². The van der Waals surface area contributed by atoms with Gasteiger partial charge in [0.1, 0.15) is 35.7 Å². The monoisotopic (exact) mass is 680 g/mol. The van der Waals surface area contributed by atoms with Crippen molar-refractivity contribution in [3.63, 3.8) is 0 Å². The van der Waals surface area contributed by atoms with Crippen LogP contribution in [0, 0.1) is 29.1 Å². The number of hydrogen-bond donors (Lipinski definition) is 1. The molecule has 2 bridgehead atoms. The number of carbonyl (C=O) groups excluding carboxylic acids is 3. The number of alkyl carbamates (subject to hydrolysis) is 1. The van der Waals surface area contributed by atoms with E-state index in [0.717, 1.165) is 49.7 Å². The number of methoxy groups -OCH3 is 1. The van der Waals surface area contributed by atoms with E-state index >= 15 is 0 Å². The Morgan fingerprint density at radius 2 is 1.84 bits per heavy atom. The molecule has 5 rings (SSSR count). The van der Waals surface area contributed by atoms with Gasteiger partial charge in [-0.1, -0.05) is 61.3 Å². The quantitative estimate of drug-likeness (QED) is 0.352. The number of carbonyl (C=O) groups is 3. The summed E-state index contributed by atoms with van der Waals surface area (Å²) < 4.78 is 24.1. The summed E-state index contributed by atoms with van der Waals surface area (Å²) in [6, 6.07) is 3.76. The third-order valence-corrected chi connectivity index (χ3v) is 10.3. The van der Waals surface area contributed by atoms with Gasteiger partial charge in [-0.25, -0.2) is 19.6 Å². The summed E-state index contributed by atoms with van der Waals surface area (Å²) in [5, 5.41) is 2.93. The van der Waals surface area contributed by atoms with Crippen LogP contribution in [-0.2, 0) is 25.5 Å². The number of benzene rings is 1. The van der Waals surface area contributed by atoms with E-state index in [1.165, 1.54) is 0 Å². The molecule has 2 amide bonds. The number of amides is 2. The predicted octanol–water partition coefficient (Wildman–Crippen LogP) is 6.49. The number of aromatic nitrogens is 2. The van der Waals surface area contributed by atoms with Crippen LogP contribution in [-0.4, -0.2) is 77.4 Å². The zero-order chi connectivity index (χ0) is 35.5. The Morgan fingerprint density at radius 1 is 1.06 bits per heavy atom. The maximum absolute atomic E-state index is 14.6. The summed E-state index contributed by atoms with van der Waals surface area (Å²) in [6.45, 7) is 14.2. The molecule has 2 aromatic rings. The van der Waals surface area contributed by atoms with E-state index in [9.17, 15) is 14.4 Å². The molecule has 1 saturated heterocycles. The van der Waals surface area contributed by atoms with Gasteiger partial charge in [0, 0.05) is 12.0 Å². The van der Waals surface area contributed by atoms with Gasteiger partial charge in [-0.2, -0.15) is 0 Å². The predicted molar refractivity (Wildman–Crippen MR) is 186 cm³/mol. The van der Waals surface area contributed by atoms with Gasteiger partial charge in [0.05, 0.1) is 31.3 Å². The van der Waals surface area contributed by atoms with E-state index < -0.39 is 35.7 Å². The minimum Gasteiger partial charge on any atom is -0.497 e. The summed E-state index contributed by atoms with van der Waals surface area (Å²) in [6.07, 6.45) is 5.53. The largest absolute Gasteiger partial charge is 0.497 e. The molecule has 1 aromatic carbocycles. The molecule has 49 heavy (non-hydrogen) atoms. The Bertz CT molecular complexity index is 1490. The van der Waals surface area contributed by atoms with Gasteiger partial charge in [-0.3, -0.25) is 4.79 Å². The standard InChI is InChI=1S/C38H56N4O7/c1-9-26-31-20-42(32(26)36(44)47-21-22(2)3)35(43)33(38(5,6)7)41-37(45)49-30-18-23(4)17-24(30)13-11-10-12-14-28-34(48-31)40-29-19-25(46-8)15-16-27(29)39-28/h15-16,19,22-24,26,30-33H,9-14,17-18,20-21H2,1-8H3,(H,41,45)/t23-,24-,26-,30-,31+,32+,33-/m1/s1. The molecular formula is C38H56N4O7. The first-order valence-electron chi connectivity index (χ1n) is 18.2. The van der Waals surface area contributed by atoms with E-state index in [1.54, 1.807) is 12.0 Å². The van der Waals surface area contributed by atoms with Crippen LogP contribution in [0.1, 0.15) is 99.1 Å². The van der Waals surface area contributed by atoms with Crippen molar-refractivity contribution in [2.24, 2.45) is 29.1 Å². The van der Waals surface area contributed by atoms with Crippen molar-refractivity contribution >= 4 is 29.0 Å². The fourth-order valence-electron chi connectivity index (χ4n) is 7.71. The molecule has 1 aliphatic carbocycles. The first-order chi connectivity index (χ1) is 23.3.